The highest BCUT2D eigenvalue weighted by Gasteiger charge is 2.21. The van der Waals surface area contributed by atoms with Crippen LogP contribution >= 0.6 is 0 Å². The number of fused-ring (bicyclic) bond motifs is 1. The van der Waals surface area contributed by atoms with Gasteiger partial charge in [0, 0.05) is 31.4 Å². The second-order valence-electron chi connectivity index (χ2n) is 5.87. The van der Waals surface area contributed by atoms with Crippen molar-refractivity contribution in [3.63, 3.8) is 0 Å². The largest absolute Gasteiger partial charge is 0.329 e. The van der Waals surface area contributed by atoms with Gasteiger partial charge in [0.05, 0.1) is 5.69 Å². The minimum absolute atomic E-state index is 0.0173. The Morgan fingerprint density at radius 2 is 2.24 bits per heavy atom. The number of aryl methyl sites for hydroxylation is 1. The molecular weight excluding hydrogens is 264 g/mol. The number of nitrogens with two attached hydrogens (primary N) is 1. The summed E-state index contributed by atoms with van der Waals surface area (Å²) in [7, 11) is 0. The molecule has 5 nitrogen and oxygen atoms in total. The van der Waals surface area contributed by atoms with Crippen molar-refractivity contribution in [3.05, 3.63) is 46.0 Å². The van der Waals surface area contributed by atoms with Crippen molar-refractivity contribution in [3.8, 4) is 0 Å². The molecule has 1 fully saturated rings. The Labute approximate surface area is 124 Å². The van der Waals surface area contributed by atoms with E-state index in [0.717, 1.165) is 29.9 Å². The summed E-state index contributed by atoms with van der Waals surface area (Å²) in [6.07, 6.45) is 5.36. The first-order valence-corrected chi connectivity index (χ1v) is 7.60. The van der Waals surface area contributed by atoms with Crippen molar-refractivity contribution < 1.29 is 0 Å². The van der Waals surface area contributed by atoms with Crippen LogP contribution in [0, 0.1) is 6.92 Å². The molecule has 1 aliphatic heterocycles. The molecule has 0 radical (unpaired) electrons. The van der Waals surface area contributed by atoms with Gasteiger partial charge in [-0.05, 0) is 44.0 Å². The molecule has 21 heavy (non-hydrogen) atoms. The Balaban J connectivity index is 1.91. The van der Waals surface area contributed by atoms with Crippen molar-refractivity contribution in [2.45, 2.75) is 38.8 Å². The molecule has 5 heteroatoms. The molecule has 0 amide bonds. The lowest BCUT2D eigenvalue weighted by molar-refractivity contribution is 0.143. The molecule has 1 unspecified atom stereocenters. The summed E-state index contributed by atoms with van der Waals surface area (Å²) in [4.78, 5) is 19.2. The normalized spacial score (nSPS) is 20.0. The SMILES string of the molecule is Cc1ccn2c(=O)cc(CN3CCCCC3CN)nc2c1. The van der Waals surface area contributed by atoms with Gasteiger partial charge in [0.2, 0.25) is 0 Å². The van der Waals surface area contributed by atoms with Crippen LogP contribution < -0.4 is 11.3 Å². The van der Waals surface area contributed by atoms with E-state index in [2.05, 4.69) is 9.88 Å². The maximum absolute atomic E-state index is 12.2. The van der Waals surface area contributed by atoms with E-state index in [1.54, 1.807) is 16.7 Å². The molecule has 1 saturated heterocycles. The third-order valence-corrected chi connectivity index (χ3v) is 4.26. The highest BCUT2D eigenvalue weighted by molar-refractivity contribution is 5.41. The molecule has 2 aromatic heterocycles. The lowest BCUT2D eigenvalue weighted by Crippen LogP contribution is -2.43. The first-order chi connectivity index (χ1) is 10.2. The lowest BCUT2D eigenvalue weighted by Gasteiger charge is -2.34. The van der Waals surface area contributed by atoms with E-state index in [1.807, 2.05) is 19.1 Å². The molecule has 1 atom stereocenters. The molecule has 2 aromatic rings. The van der Waals surface area contributed by atoms with E-state index in [9.17, 15) is 4.79 Å². The third-order valence-electron chi connectivity index (χ3n) is 4.26. The number of hydrogen-bond acceptors (Lipinski definition) is 4. The van der Waals surface area contributed by atoms with Gasteiger partial charge in [-0.1, -0.05) is 6.42 Å². The van der Waals surface area contributed by atoms with Crippen LogP contribution in [-0.4, -0.2) is 33.4 Å². The lowest BCUT2D eigenvalue weighted by atomic mass is 10.0. The van der Waals surface area contributed by atoms with E-state index in [0.29, 0.717) is 19.1 Å². The van der Waals surface area contributed by atoms with Crippen LogP contribution in [0.2, 0.25) is 0 Å². The van der Waals surface area contributed by atoms with Gasteiger partial charge in [-0.3, -0.25) is 14.1 Å². The third kappa shape index (κ3) is 2.99. The zero-order valence-electron chi connectivity index (χ0n) is 12.5. The molecule has 0 aromatic carbocycles. The Bertz CT molecular complexity index is 694. The van der Waals surface area contributed by atoms with Gasteiger partial charge in [0.15, 0.2) is 0 Å². The summed E-state index contributed by atoms with van der Waals surface area (Å²) >= 11 is 0. The number of aromatic nitrogens is 2. The number of nitrogens with zero attached hydrogens (tertiary/aromatic N) is 3. The molecule has 0 spiro atoms. The van der Waals surface area contributed by atoms with Crippen LogP contribution in [-0.2, 0) is 6.54 Å². The highest BCUT2D eigenvalue weighted by atomic mass is 16.1. The smallest absolute Gasteiger partial charge is 0.258 e. The number of likely N-dealkylation sites (tertiary alicyclic amines) is 1. The fraction of sp³-hybridized carbons (Fsp3) is 0.500. The van der Waals surface area contributed by atoms with Crippen molar-refractivity contribution in [1.29, 1.82) is 0 Å². The summed E-state index contributed by atoms with van der Waals surface area (Å²) in [5.41, 5.74) is 8.51. The summed E-state index contributed by atoms with van der Waals surface area (Å²) in [5, 5.41) is 0. The summed E-state index contributed by atoms with van der Waals surface area (Å²) in [6, 6.07) is 5.92. The molecule has 0 bridgehead atoms. The quantitative estimate of drug-likeness (QED) is 0.924. The average molecular weight is 286 g/mol. The average Bonchev–Trinajstić information content (AvgIpc) is 2.47. The molecular formula is C16H22N4O. The van der Waals surface area contributed by atoms with Crippen molar-refractivity contribution >= 4 is 5.65 Å². The van der Waals surface area contributed by atoms with Gasteiger partial charge >= 0.3 is 0 Å². The predicted molar refractivity (Wildman–Crippen MR) is 83.3 cm³/mol. The predicted octanol–water partition coefficient (Wildman–Crippen LogP) is 1.32. The topological polar surface area (TPSA) is 63.6 Å². The van der Waals surface area contributed by atoms with Crippen molar-refractivity contribution in [1.82, 2.24) is 14.3 Å². The van der Waals surface area contributed by atoms with Gasteiger partial charge in [0.25, 0.3) is 5.56 Å². The summed E-state index contributed by atoms with van der Waals surface area (Å²) in [5.74, 6) is 0. The molecule has 3 heterocycles. The van der Waals surface area contributed by atoms with Crippen LogP contribution in [0.3, 0.4) is 0 Å². The monoisotopic (exact) mass is 286 g/mol. The number of pyridine rings is 1. The van der Waals surface area contributed by atoms with Crippen LogP contribution in [0.1, 0.15) is 30.5 Å². The molecule has 112 valence electrons. The number of rotatable bonds is 3. The van der Waals surface area contributed by atoms with E-state index in [-0.39, 0.29) is 5.56 Å². The van der Waals surface area contributed by atoms with Gasteiger partial charge < -0.3 is 5.73 Å². The zero-order valence-corrected chi connectivity index (χ0v) is 12.5. The first-order valence-electron chi connectivity index (χ1n) is 7.60. The Kier molecular flexibility index (Phi) is 4.03. The second-order valence-corrected chi connectivity index (χ2v) is 5.87. The number of hydrogen-bond donors (Lipinski definition) is 1. The standard InChI is InChI=1S/C16H22N4O/c1-12-5-7-20-15(8-12)18-13(9-16(20)21)11-19-6-3-2-4-14(19)10-17/h5,7-9,14H,2-4,6,10-11,17H2,1H3. The van der Waals surface area contributed by atoms with Crippen LogP contribution in [0.4, 0.5) is 0 Å². The number of piperidine rings is 1. The minimum Gasteiger partial charge on any atom is -0.329 e. The maximum Gasteiger partial charge on any atom is 0.258 e. The first kappa shape index (κ1) is 14.2. The van der Waals surface area contributed by atoms with Crippen LogP contribution in [0.5, 0.6) is 0 Å². The van der Waals surface area contributed by atoms with Gasteiger partial charge in [-0.25, -0.2) is 4.98 Å². The summed E-state index contributed by atoms with van der Waals surface area (Å²) < 4.78 is 1.59. The van der Waals surface area contributed by atoms with Crippen molar-refractivity contribution in [2.75, 3.05) is 13.1 Å². The van der Waals surface area contributed by atoms with Gasteiger partial charge in [-0.15, -0.1) is 0 Å². The molecule has 2 N–H and O–H groups in total. The van der Waals surface area contributed by atoms with Crippen LogP contribution in [0.15, 0.2) is 29.2 Å². The molecule has 3 rings (SSSR count). The molecule has 0 aliphatic carbocycles. The molecule has 1 aliphatic rings. The Hall–Kier alpha value is -1.72. The van der Waals surface area contributed by atoms with Gasteiger partial charge in [0.1, 0.15) is 5.65 Å². The van der Waals surface area contributed by atoms with E-state index in [1.165, 1.54) is 12.8 Å². The van der Waals surface area contributed by atoms with E-state index >= 15 is 0 Å². The minimum atomic E-state index is -0.0173. The maximum atomic E-state index is 12.2. The highest BCUT2D eigenvalue weighted by Crippen LogP contribution is 2.18. The molecule has 0 saturated carbocycles. The Morgan fingerprint density at radius 3 is 3.05 bits per heavy atom. The second kappa shape index (κ2) is 5.95. The Morgan fingerprint density at radius 1 is 1.38 bits per heavy atom. The fourth-order valence-corrected chi connectivity index (χ4v) is 3.08. The van der Waals surface area contributed by atoms with Gasteiger partial charge in [-0.2, -0.15) is 0 Å². The zero-order chi connectivity index (χ0) is 14.8. The summed E-state index contributed by atoms with van der Waals surface area (Å²) in [6.45, 7) is 4.43. The van der Waals surface area contributed by atoms with E-state index < -0.39 is 0 Å². The van der Waals surface area contributed by atoms with E-state index in [4.69, 9.17) is 5.73 Å². The van der Waals surface area contributed by atoms with Crippen LogP contribution in [0.25, 0.3) is 5.65 Å². The van der Waals surface area contributed by atoms with Crippen molar-refractivity contribution in [2.24, 2.45) is 5.73 Å². The fourth-order valence-electron chi connectivity index (χ4n) is 3.08.